The van der Waals surface area contributed by atoms with Crippen LogP contribution in [0.3, 0.4) is 0 Å². The Labute approximate surface area is 128 Å². The van der Waals surface area contributed by atoms with Crippen molar-refractivity contribution < 1.29 is 5.11 Å². The molecule has 3 aromatic rings. The van der Waals surface area contributed by atoms with Crippen molar-refractivity contribution >= 4 is 22.4 Å². The minimum Gasteiger partial charge on any atom is -0.384 e. The highest BCUT2D eigenvalue weighted by Crippen LogP contribution is 2.36. The summed E-state index contributed by atoms with van der Waals surface area (Å²) >= 11 is 6.04. The molecule has 0 aliphatic heterocycles. The first-order valence-corrected chi connectivity index (χ1v) is 7.59. The Morgan fingerprint density at radius 3 is 2.48 bits per heavy atom. The lowest BCUT2D eigenvalue weighted by Gasteiger charge is -2.15. The summed E-state index contributed by atoms with van der Waals surface area (Å²) in [5, 5.41) is 13.9. The van der Waals surface area contributed by atoms with E-state index in [1.54, 1.807) is 0 Å². The standard InChI is InChI=1S/C19H15ClO/c20-15-5-1-4-14(11-15)19(21)17-10-9-13-8-7-12-3-2-6-16(17)18(12)13/h1-6,9-11,19,21H,7-8H2. The highest BCUT2D eigenvalue weighted by atomic mass is 35.5. The predicted octanol–water partition coefficient (Wildman–Crippen LogP) is 4.67. The van der Waals surface area contributed by atoms with Gasteiger partial charge in [0, 0.05) is 5.02 Å². The van der Waals surface area contributed by atoms with Gasteiger partial charge in [0.1, 0.15) is 6.10 Å². The fourth-order valence-electron chi connectivity index (χ4n) is 3.36. The van der Waals surface area contributed by atoms with E-state index in [4.69, 9.17) is 11.6 Å². The number of aliphatic hydroxyl groups is 1. The van der Waals surface area contributed by atoms with Gasteiger partial charge in [0.05, 0.1) is 0 Å². The largest absolute Gasteiger partial charge is 0.384 e. The molecule has 0 saturated carbocycles. The van der Waals surface area contributed by atoms with Crippen LogP contribution in [0.5, 0.6) is 0 Å². The van der Waals surface area contributed by atoms with E-state index in [1.807, 2.05) is 24.3 Å². The summed E-state index contributed by atoms with van der Waals surface area (Å²) in [6, 6.07) is 18.0. The van der Waals surface area contributed by atoms with Crippen molar-refractivity contribution in [3.8, 4) is 0 Å². The third-order valence-corrected chi connectivity index (χ3v) is 4.60. The van der Waals surface area contributed by atoms with Crippen LogP contribution in [-0.2, 0) is 12.8 Å². The van der Waals surface area contributed by atoms with Gasteiger partial charge in [-0.25, -0.2) is 0 Å². The SMILES string of the molecule is OC(c1cccc(Cl)c1)c1ccc2c3c(cccc13)CC2. The van der Waals surface area contributed by atoms with Crippen LogP contribution in [0.2, 0.25) is 5.02 Å². The fourth-order valence-corrected chi connectivity index (χ4v) is 3.56. The Balaban J connectivity index is 1.92. The molecule has 21 heavy (non-hydrogen) atoms. The van der Waals surface area contributed by atoms with Gasteiger partial charge in [0.25, 0.3) is 0 Å². The number of hydrogen-bond acceptors (Lipinski definition) is 1. The maximum Gasteiger partial charge on any atom is 0.105 e. The normalized spacial score (nSPS) is 14.6. The van der Waals surface area contributed by atoms with Gasteiger partial charge in [-0.2, -0.15) is 0 Å². The molecule has 3 aromatic carbocycles. The Kier molecular flexibility index (Phi) is 2.99. The van der Waals surface area contributed by atoms with Crippen molar-refractivity contribution in [2.24, 2.45) is 0 Å². The highest BCUT2D eigenvalue weighted by molar-refractivity contribution is 6.30. The zero-order valence-electron chi connectivity index (χ0n) is 11.5. The summed E-state index contributed by atoms with van der Waals surface area (Å²) in [5.74, 6) is 0. The van der Waals surface area contributed by atoms with Crippen molar-refractivity contribution in [1.82, 2.24) is 0 Å². The maximum atomic E-state index is 10.8. The average Bonchev–Trinajstić information content (AvgIpc) is 2.92. The van der Waals surface area contributed by atoms with Crippen LogP contribution in [-0.4, -0.2) is 5.11 Å². The molecule has 0 saturated heterocycles. The fraction of sp³-hybridized carbons (Fsp3) is 0.158. The van der Waals surface area contributed by atoms with E-state index < -0.39 is 6.10 Å². The Bertz CT molecular complexity index is 828. The van der Waals surface area contributed by atoms with Crippen LogP contribution < -0.4 is 0 Å². The molecule has 1 aliphatic carbocycles. The second-order valence-electron chi connectivity index (χ2n) is 5.61. The molecule has 1 atom stereocenters. The van der Waals surface area contributed by atoms with E-state index in [-0.39, 0.29) is 0 Å². The monoisotopic (exact) mass is 294 g/mol. The van der Waals surface area contributed by atoms with Crippen LogP contribution in [0.4, 0.5) is 0 Å². The van der Waals surface area contributed by atoms with E-state index in [2.05, 4.69) is 30.3 Å². The molecule has 0 fully saturated rings. The summed E-state index contributed by atoms with van der Waals surface area (Å²) in [4.78, 5) is 0. The number of benzene rings is 3. The number of aryl methyl sites for hydroxylation is 2. The molecule has 2 heteroatoms. The molecular formula is C19H15ClO. The van der Waals surface area contributed by atoms with E-state index >= 15 is 0 Å². The lowest BCUT2D eigenvalue weighted by atomic mass is 9.93. The van der Waals surface area contributed by atoms with Crippen LogP contribution in [0.15, 0.2) is 54.6 Å². The molecule has 0 amide bonds. The molecule has 1 aliphatic rings. The molecule has 1 nitrogen and oxygen atoms in total. The van der Waals surface area contributed by atoms with Crippen LogP contribution in [0, 0.1) is 0 Å². The topological polar surface area (TPSA) is 20.2 Å². The van der Waals surface area contributed by atoms with E-state index in [0.717, 1.165) is 29.4 Å². The van der Waals surface area contributed by atoms with Crippen LogP contribution in [0.25, 0.3) is 10.8 Å². The van der Waals surface area contributed by atoms with Crippen molar-refractivity contribution in [2.75, 3.05) is 0 Å². The summed E-state index contributed by atoms with van der Waals surface area (Å²) in [6.45, 7) is 0. The van der Waals surface area contributed by atoms with E-state index in [1.165, 1.54) is 16.5 Å². The van der Waals surface area contributed by atoms with E-state index in [0.29, 0.717) is 5.02 Å². The van der Waals surface area contributed by atoms with Gasteiger partial charge in [-0.05, 0) is 58.0 Å². The molecule has 0 radical (unpaired) electrons. The minimum atomic E-state index is -0.645. The lowest BCUT2D eigenvalue weighted by Crippen LogP contribution is -2.01. The average molecular weight is 295 g/mol. The van der Waals surface area contributed by atoms with Gasteiger partial charge < -0.3 is 5.11 Å². The zero-order valence-corrected chi connectivity index (χ0v) is 12.3. The Hall–Kier alpha value is -1.83. The number of rotatable bonds is 2. The number of hydrogen-bond donors (Lipinski definition) is 1. The smallest absolute Gasteiger partial charge is 0.105 e. The number of aliphatic hydroxyl groups excluding tert-OH is 1. The van der Waals surface area contributed by atoms with Gasteiger partial charge in [0.15, 0.2) is 0 Å². The molecule has 1 unspecified atom stereocenters. The molecule has 0 heterocycles. The second kappa shape index (κ2) is 4.87. The van der Waals surface area contributed by atoms with Gasteiger partial charge in [-0.1, -0.05) is 54.1 Å². The van der Waals surface area contributed by atoms with Gasteiger partial charge in [0.2, 0.25) is 0 Å². The van der Waals surface area contributed by atoms with Gasteiger partial charge >= 0.3 is 0 Å². The molecular weight excluding hydrogens is 280 g/mol. The van der Waals surface area contributed by atoms with Gasteiger partial charge in [-0.3, -0.25) is 0 Å². The zero-order chi connectivity index (χ0) is 14.4. The molecule has 0 spiro atoms. The summed E-state index contributed by atoms with van der Waals surface area (Å²) in [6.07, 6.45) is 1.56. The summed E-state index contributed by atoms with van der Waals surface area (Å²) in [5.41, 5.74) is 4.58. The van der Waals surface area contributed by atoms with Crippen molar-refractivity contribution in [3.63, 3.8) is 0 Å². The first kappa shape index (κ1) is 12.9. The number of halogens is 1. The predicted molar refractivity (Wildman–Crippen MR) is 86.9 cm³/mol. The summed E-state index contributed by atoms with van der Waals surface area (Å²) in [7, 11) is 0. The molecule has 4 rings (SSSR count). The summed E-state index contributed by atoms with van der Waals surface area (Å²) < 4.78 is 0. The third kappa shape index (κ3) is 2.05. The van der Waals surface area contributed by atoms with Crippen molar-refractivity contribution in [3.05, 3.63) is 81.9 Å². The first-order valence-electron chi connectivity index (χ1n) is 7.21. The lowest BCUT2D eigenvalue weighted by molar-refractivity contribution is 0.222. The van der Waals surface area contributed by atoms with E-state index in [9.17, 15) is 5.11 Å². The molecule has 0 aromatic heterocycles. The Morgan fingerprint density at radius 2 is 1.67 bits per heavy atom. The molecule has 0 bridgehead atoms. The first-order chi connectivity index (χ1) is 10.2. The Morgan fingerprint density at radius 1 is 0.905 bits per heavy atom. The molecule has 1 N–H and O–H groups in total. The van der Waals surface area contributed by atoms with Crippen LogP contribution >= 0.6 is 11.6 Å². The second-order valence-corrected chi connectivity index (χ2v) is 6.05. The minimum absolute atomic E-state index is 0.645. The van der Waals surface area contributed by atoms with Crippen molar-refractivity contribution in [2.45, 2.75) is 18.9 Å². The third-order valence-electron chi connectivity index (χ3n) is 4.37. The highest BCUT2D eigenvalue weighted by Gasteiger charge is 2.19. The molecule has 104 valence electrons. The quantitative estimate of drug-likeness (QED) is 0.728. The maximum absolute atomic E-state index is 10.8. The van der Waals surface area contributed by atoms with Crippen molar-refractivity contribution in [1.29, 1.82) is 0 Å². The van der Waals surface area contributed by atoms with Crippen LogP contribution in [0.1, 0.15) is 28.4 Å². The van der Waals surface area contributed by atoms with Gasteiger partial charge in [-0.15, -0.1) is 0 Å².